The second kappa shape index (κ2) is 25.4. The van der Waals surface area contributed by atoms with Crippen molar-refractivity contribution in [3.63, 3.8) is 0 Å². The summed E-state index contributed by atoms with van der Waals surface area (Å²) >= 11 is 0. The van der Waals surface area contributed by atoms with Crippen molar-refractivity contribution >= 4 is 51.4 Å². The van der Waals surface area contributed by atoms with Gasteiger partial charge in [-0.2, -0.15) is 21.6 Å². The Kier molecular flexibility index (Phi) is 19.5. The number of aryl methyl sites for hydroxylation is 1. The van der Waals surface area contributed by atoms with Gasteiger partial charge in [-0.1, -0.05) is 57.0 Å². The number of aliphatic hydroxyl groups is 1. The molecule has 2 aromatic rings. The number of carbonyl (C=O) groups is 5. The van der Waals surface area contributed by atoms with Gasteiger partial charge in [0.1, 0.15) is 30.2 Å². The van der Waals surface area contributed by atoms with E-state index >= 15 is 9.59 Å². The zero-order valence-electron chi connectivity index (χ0n) is 51.3. The molecule has 9 rings (SSSR count). The highest BCUT2D eigenvalue weighted by Crippen LogP contribution is 2.61. The molecule has 0 spiro atoms. The quantitative estimate of drug-likeness (QED) is 0.0166. The zero-order valence-corrected chi connectivity index (χ0v) is 52.1. The van der Waals surface area contributed by atoms with Gasteiger partial charge in [-0.3, -0.25) is 33.6 Å². The second-order valence-corrected chi connectivity index (χ2v) is 28.9. The maximum absolute atomic E-state index is 15.6. The van der Waals surface area contributed by atoms with E-state index in [0.29, 0.717) is 38.0 Å². The summed E-state index contributed by atoms with van der Waals surface area (Å²) in [7, 11) is -5.22. The third kappa shape index (κ3) is 14.5. The van der Waals surface area contributed by atoms with Crippen LogP contribution in [0.5, 0.6) is 5.75 Å². The minimum Gasteiger partial charge on any atom is -0.490 e. The van der Waals surface area contributed by atoms with E-state index in [2.05, 4.69) is 22.9 Å². The number of allylic oxidation sites excluding steroid dienone is 1. The van der Waals surface area contributed by atoms with Gasteiger partial charge in [-0.05, 0) is 190 Å². The molecule has 6 saturated carbocycles. The molecule has 1 N–H and O–H groups in total. The van der Waals surface area contributed by atoms with Crippen molar-refractivity contribution in [3.05, 3.63) is 76.4 Å². The number of cyclic esters (lactones) is 1. The van der Waals surface area contributed by atoms with Crippen LogP contribution < -0.4 is 4.74 Å². The zero-order chi connectivity index (χ0) is 63.8. The predicted molar refractivity (Wildman–Crippen MR) is 310 cm³/mol. The number of fused-ring (bicyclic) bond motifs is 2. The average Bonchev–Trinajstić information content (AvgIpc) is 0.902. The first-order valence-electron chi connectivity index (χ1n) is 30.6. The van der Waals surface area contributed by atoms with Crippen LogP contribution in [0.3, 0.4) is 0 Å². The van der Waals surface area contributed by atoms with Crippen LogP contribution >= 0.6 is 0 Å². The van der Waals surface area contributed by atoms with Crippen LogP contribution in [-0.4, -0.2) is 103 Å². The Morgan fingerprint density at radius 1 is 0.851 bits per heavy atom. The van der Waals surface area contributed by atoms with Gasteiger partial charge in [0, 0.05) is 24.5 Å². The lowest BCUT2D eigenvalue weighted by Gasteiger charge is -2.59. The molecule has 7 aliphatic rings. The molecule has 23 heteroatoms. The Hall–Kier alpha value is -6.10. The van der Waals surface area contributed by atoms with E-state index in [9.17, 15) is 51.2 Å². The largest absolute Gasteiger partial charge is 0.490 e. The molecule has 1 aliphatic heterocycles. The molecule has 1 heterocycles. The normalized spacial score (nSPS) is 29.1. The number of rotatable bonds is 27. The minimum absolute atomic E-state index is 0.0220. The summed E-state index contributed by atoms with van der Waals surface area (Å²) in [4.78, 5) is 82.8. The van der Waals surface area contributed by atoms with Gasteiger partial charge >= 0.3 is 46.1 Å². The van der Waals surface area contributed by atoms with E-state index in [0.717, 1.165) is 68.9 Å². The third-order valence-electron chi connectivity index (χ3n) is 19.8. The fourth-order valence-electron chi connectivity index (χ4n) is 16.2. The predicted octanol–water partition coefficient (Wildman–Crippen LogP) is 12.0. The van der Waals surface area contributed by atoms with Crippen molar-refractivity contribution in [2.45, 2.75) is 211 Å². The highest BCUT2D eigenvalue weighted by molar-refractivity contribution is 7.86. The van der Waals surface area contributed by atoms with E-state index in [-0.39, 0.29) is 99.6 Å². The third-order valence-corrected chi connectivity index (χ3v) is 21.0. The molecule has 1 saturated heterocycles. The van der Waals surface area contributed by atoms with Crippen LogP contribution in [0.15, 0.2) is 65.2 Å². The smallest absolute Gasteiger partial charge is 0.437 e. The fraction of sp³-hybridized carbons (Fsp3) is 0.688. The highest BCUT2D eigenvalue weighted by atomic mass is 32.2. The summed E-state index contributed by atoms with van der Waals surface area (Å²) in [6, 6.07) is 7.13. The Morgan fingerprint density at radius 2 is 1.53 bits per heavy atom. The molecule has 7 fully saturated rings. The number of para-hydroxylation sites is 1. The first-order chi connectivity index (χ1) is 40.7. The van der Waals surface area contributed by atoms with Crippen molar-refractivity contribution in [1.82, 2.24) is 0 Å². The molecule has 6 aliphatic carbocycles. The number of nitro groups is 1. The van der Waals surface area contributed by atoms with E-state index in [4.69, 9.17) is 28.4 Å². The van der Waals surface area contributed by atoms with Crippen LogP contribution in [0.4, 0.5) is 18.9 Å². The number of nitrogens with zero attached hydrogens (tertiary/aromatic N) is 2. The van der Waals surface area contributed by atoms with Crippen molar-refractivity contribution in [2.24, 2.45) is 56.4 Å². The molecule has 87 heavy (non-hydrogen) atoms. The molecule has 0 aromatic heterocycles. The molecular formula is C64H85F3N2O17S. The van der Waals surface area contributed by atoms with Gasteiger partial charge in [0.25, 0.3) is 5.69 Å². The number of carbonyl (C=O) groups excluding carboxylic acids is 5. The SMILES string of the molecule is C=CCCc1cc(/C(=N\OS(=O)(=O)c2ccccc2[N+](=O)[O-])C(F)(F)F)ccc1OCCOC(=O)C(C)(CC)CC(C)(CC(C)(CC(C)(C)C(=O)OC1(CC)C(C)CC2CCCC1C2)C(=O)OC1CCOC1=O)C(=O)OC12CC3CC(CC(O)(C3)C1)C2. The lowest BCUT2D eigenvalue weighted by atomic mass is 9.52. The highest BCUT2D eigenvalue weighted by Gasteiger charge is 2.62. The average molecular weight is 1240 g/mol. The van der Waals surface area contributed by atoms with Crippen LogP contribution in [0.25, 0.3) is 0 Å². The molecule has 6 bridgehead atoms. The first-order valence-corrected chi connectivity index (χ1v) is 32.0. The van der Waals surface area contributed by atoms with Crippen LogP contribution in [0, 0.1) is 61.4 Å². The molecule has 10 unspecified atom stereocenters. The number of oxime groups is 1. The Bertz CT molecular complexity index is 3100. The number of ether oxygens (including phenoxy) is 6. The summed E-state index contributed by atoms with van der Waals surface area (Å²) in [6.45, 7) is 17.2. The summed E-state index contributed by atoms with van der Waals surface area (Å²) in [6.07, 6.45) is 3.64. The Labute approximate surface area is 507 Å². The van der Waals surface area contributed by atoms with Crippen LogP contribution in [0.1, 0.15) is 182 Å². The van der Waals surface area contributed by atoms with Gasteiger partial charge in [-0.15, -0.1) is 6.58 Å². The van der Waals surface area contributed by atoms with Gasteiger partial charge in [0.2, 0.25) is 6.10 Å². The molecule has 480 valence electrons. The molecule has 19 nitrogen and oxygen atoms in total. The summed E-state index contributed by atoms with van der Waals surface area (Å²) in [5.41, 5.74) is -12.3. The molecular weight excluding hydrogens is 1160 g/mol. The van der Waals surface area contributed by atoms with E-state index in [1.165, 1.54) is 18.2 Å². The van der Waals surface area contributed by atoms with Crippen LogP contribution in [-0.2, 0) is 68.5 Å². The Balaban J connectivity index is 1.05. The van der Waals surface area contributed by atoms with Gasteiger partial charge < -0.3 is 33.5 Å². The van der Waals surface area contributed by atoms with Gasteiger partial charge in [0.05, 0.1) is 38.8 Å². The van der Waals surface area contributed by atoms with Gasteiger partial charge in [-0.25, -0.2) is 4.79 Å². The maximum atomic E-state index is 15.6. The van der Waals surface area contributed by atoms with E-state index in [1.807, 2.05) is 6.92 Å². The fourth-order valence-corrected chi connectivity index (χ4v) is 17.1. The summed E-state index contributed by atoms with van der Waals surface area (Å²) < 4.78 is 111. The standard InChI is InChI=1S/C64H85F3N2O17S/c1-10-13-18-44-31-45(51(64(65,66)67)68-86-87(78,79)50-21-15-14-20-47(50)69(76)77)22-23-48(44)80-26-27-82-54(72)58(7,11-2)37-60(9,56(74)84-62-34-42-29-43(35-62)33-61(75,32-42)39-62)38-59(8,55(73)83-49-24-25-81-52(49)70)36-57(5,6)53(71)85-63(12-3)40(4)28-41-17-16-19-46(63)30-41/h10,14-15,20-23,31,40-43,46,49,75H,1,11-13,16-19,24-30,32-39H2,2-9H3/b68-51+. The number of hydrogen-bond donors (Lipinski definition) is 1. The number of nitro benzene ring substituents is 1. The number of esters is 5. The van der Waals surface area contributed by atoms with Crippen LogP contribution in [0.2, 0.25) is 0 Å². The van der Waals surface area contributed by atoms with Gasteiger partial charge in [0.15, 0.2) is 10.6 Å². The van der Waals surface area contributed by atoms with Crippen molar-refractivity contribution in [2.75, 3.05) is 19.8 Å². The first kappa shape index (κ1) is 66.8. The molecule has 2 aromatic carbocycles. The molecule has 0 amide bonds. The van der Waals surface area contributed by atoms with Crippen molar-refractivity contribution in [3.8, 4) is 5.75 Å². The number of alkyl halides is 3. The molecule has 10 atom stereocenters. The van der Waals surface area contributed by atoms with E-state index in [1.54, 1.807) is 41.5 Å². The summed E-state index contributed by atoms with van der Waals surface area (Å²) in [5.74, 6) is -2.49. The topological polar surface area (TPSA) is 260 Å². The lowest BCUT2D eigenvalue weighted by molar-refractivity contribution is -0.387. The monoisotopic (exact) mass is 1240 g/mol. The van der Waals surface area contributed by atoms with Crippen molar-refractivity contribution < 1.29 is 88.3 Å². The Morgan fingerprint density at radius 3 is 2.15 bits per heavy atom. The second-order valence-electron chi connectivity index (χ2n) is 27.4. The number of benzene rings is 2. The maximum Gasteiger partial charge on any atom is 0.437 e. The van der Waals surface area contributed by atoms with E-state index < -0.39 is 124 Å². The number of hydrogen-bond acceptors (Lipinski definition) is 18. The summed E-state index contributed by atoms with van der Waals surface area (Å²) in [5, 5.41) is 26.3. The minimum atomic E-state index is -5.29. The number of halogens is 3. The van der Waals surface area contributed by atoms with Crippen molar-refractivity contribution in [1.29, 1.82) is 0 Å². The lowest BCUT2D eigenvalue weighted by Crippen LogP contribution is -2.61. The molecule has 0 radical (unpaired) electrons.